The summed E-state index contributed by atoms with van der Waals surface area (Å²) in [5, 5.41) is 9.02. The number of benzene rings is 3. The standard InChI is InChI=1S/C33H42O3/c1-3-9-31-19-20-32(35-24-28-11-5-4-6-12-28)33(36-31)29-18-13-25(2)30(23-29)22-27-16-14-26(15-17-27)10-7-8-21-34/h4-6,11-18,23,31-34H,3,7-10,19-22,24H2,1-2H3. The van der Waals surface area contributed by atoms with Crippen LogP contribution < -0.4 is 0 Å². The number of hydrogen-bond acceptors (Lipinski definition) is 3. The Morgan fingerprint density at radius 1 is 0.889 bits per heavy atom. The number of ether oxygens (including phenoxy) is 2. The fraction of sp³-hybridized carbons (Fsp3) is 0.455. The molecule has 1 aliphatic heterocycles. The molecular weight excluding hydrogens is 444 g/mol. The van der Waals surface area contributed by atoms with Crippen LogP contribution in [0.2, 0.25) is 0 Å². The van der Waals surface area contributed by atoms with Gasteiger partial charge in [0.15, 0.2) is 0 Å². The van der Waals surface area contributed by atoms with Crippen LogP contribution in [0.5, 0.6) is 0 Å². The van der Waals surface area contributed by atoms with Crippen molar-refractivity contribution in [3.8, 4) is 0 Å². The number of unbranched alkanes of at least 4 members (excludes halogenated alkanes) is 1. The number of rotatable bonds is 12. The van der Waals surface area contributed by atoms with Crippen LogP contribution in [0.15, 0.2) is 72.8 Å². The van der Waals surface area contributed by atoms with Crippen LogP contribution in [0.3, 0.4) is 0 Å². The molecule has 0 radical (unpaired) electrons. The Hall–Kier alpha value is -2.46. The molecule has 3 atom stereocenters. The van der Waals surface area contributed by atoms with Crippen molar-refractivity contribution in [1.82, 2.24) is 0 Å². The van der Waals surface area contributed by atoms with Crippen molar-refractivity contribution >= 4 is 0 Å². The van der Waals surface area contributed by atoms with E-state index in [9.17, 15) is 0 Å². The van der Waals surface area contributed by atoms with Gasteiger partial charge in [0.1, 0.15) is 6.10 Å². The van der Waals surface area contributed by atoms with Crippen molar-refractivity contribution in [2.24, 2.45) is 0 Å². The highest BCUT2D eigenvalue weighted by Gasteiger charge is 2.33. The molecule has 1 heterocycles. The quantitative estimate of drug-likeness (QED) is 0.269. The molecule has 192 valence electrons. The third-order valence-electron chi connectivity index (χ3n) is 7.36. The molecule has 0 amide bonds. The van der Waals surface area contributed by atoms with Crippen LogP contribution in [0.25, 0.3) is 0 Å². The van der Waals surface area contributed by atoms with Crippen LogP contribution in [-0.2, 0) is 28.9 Å². The Balaban J connectivity index is 1.48. The molecule has 3 unspecified atom stereocenters. The minimum Gasteiger partial charge on any atom is -0.396 e. The summed E-state index contributed by atoms with van der Waals surface area (Å²) < 4.78 is 13.1. The molecule has 0 spiro atoms. The first-order chi connectivity index (χ1) is 17.7. The maximum atomic E-state index is 9.02. The lowest BCUT2D eigenvalue weighted by atomic mass is 9.90. The number of hydrogen-bond donors (Lipinski definition) is 1. The molecule has 1 aliphatic rings. The van der Waals surface area contributed by atoms with Gasteiger partial charge in [0, 0.05) is 6.61 Å². The highest BCUT2D eigenvalue weighted by atomic mass is 16.5. The molecule has 3 nitrogen and oxygen atoms in total. The van der Waals surface area contributed by atoms with Crippen molar-refractivity contribution in [3.63, 3.8) is 0 Å². The molecular formula is C33H42O3. The number of aliphatic hydroxyl groups is 1. The fourth-order valence-corrected chi connectivity index (χ4v) is 5.18. The zero-order valence-corrected chi connectivity index (χ0v) is 22.0. The van der Waals surface area contributed by atoms with E-state index in [0.29, 0.717) is 12.7 Å². The van der Waals surface area contributed by atoms with Crippen LogP contribution in [-0.4, -0.2) is 23.9 Å². The number of aryl methyl sites for hydroxylation is 2. The third kappa shape index (κ3) is 7.52. The Labute approximate surface area is 217 Å². The summed E-state index contributed by atoms with van der Waals surface area (Å²) in [5.74, 6) is 0. The first-order valence-electron chi connectivity index (χ1n) is 13.8. The summed E-state index contributed by atoms with van der Waals surface area (Å²) in [6.45, 7) is 5.33. The molecule has 0 aliphatic carbocycles. The van der Waals surface area contributed by atoms with E-state index >= 15 is 0 Å². The fourth-order valence-electron chi connectivity index (χ4n) is 5.18. The predicted molar refractivity (Wildman–Crippen MR) is 147 cm³/mol. The molecule has 3 aromatic carbocycles. The van der Waals surface area contributed by atoms with Crippen LogP contribution in [0, 0.1) is 6.92 Å². The molecule has 36 heavy (non-hydrogen) atoms. The average Bonchev–Trinajstić information content (AvgIpc) is 2.91. The van der Waals surface area contributed by atoms with E-state index in [0.717, 1.165) is 51.4 Å². The first-order valence-corrected chi connectivity index (χ1v) is 13.8. The van der Waals surface area contributed by atoms with Gasteiger partial charge in [0.05, 0.1) is 18.8 Å². The second-order valence-electron chi connectivity index (χ2n) is 10.2. The molecule has 1 saturated heterocycles. The molecule has 1 fully saturated rings. The molecule has 4 rings (SSSR count). The lowest BCUT2D eigenvalue weighted by molar-refractivity contribution is -0.148. The molecule has 0 bridgehead atoms. The van der Waals surface area contributed by atoms with Crippen LogP contribution in [0.1, 0.15) is 84.9 Å². The van der Waals surface area contributed by atoms with E-state index in [2.05, 4.69) is 80.6 Å². The summed E-state index contributed by atoms with van der Waals surface area (Å²) >= 11 is 0. The average molecular weight is 487 g/mol. The van der Waals surface area contributed by atoms with Gasteiger partial charge in [0.2, 0.25) is 0 Å². The van der Waals surface area contributed by atoms with Gasteiger partial charge in [-0.15, -0.1) is 0 Å². The van der Waals surface area contributed by atoms with Gasteiger partial charge in [0.25, 0.3) is 0 Å². The zero-order valence-electron chi connectivity index (χ0n) is 22.0. The van der Waals surface area contributed by atoms with E-state index in [4.69, 9.17) is 14.6 Å². The minimum absolute atomic E-state index is 0.0349. The van der Waals surface area contributed by atoms with Gasteiger partial charge in [-0.2, -0.15) is 0 Å². The smallest absolute Gasteiger partial charge is 0.109 e. The van der Waals surface area contributed by atoms with E-state index in [-0.39, 0.29) is 18.8 Å². The summed E-state index contributed by atoms with van der Waals surface area (Å²) in [6.07, 6.45) is 8.51. The highest BCUT2D eigenvalue weighted by molar-refractivity contribution is 5.37. The lowest BCUT2D eigenvalue weighted by Crippen LogP contribution is -2.34. The summed E-state index contributed by atoms with van der Waals surface area (Å²) in [6, 6.07) is 26.2. The van der Waals surface area contributed by atoms with Crippen molar-refractivity contribution in [2.75, 3.05) is 6.61 Å². The second-order valence-corrected chi connectivity index (χ2v) is 10.2. The molecule has 0 aromatic heterocycles. The molecule has 1 N–H and O–H groups in total. The van der Waals surface area contributed by atoms with E-state index in [1.165, 1.54) is 33.4 Å². The van der Waals surface area contributed by atoms with Crippen molar-refractivity contribution in [2.45, 2.75) is 90.1 Å². The Morgan fingerprint density at radius 2 is 1.67 bits per heavy atom. The molecule has 3 heteroatoms. The summed E-state index contributed by atoms with van der Waals surface area (Å²) in [4.78, 5) is 0. The topological polar surface area (TPSA) is 38.7 Å². The Kier molecular flexibility index (Phi) is 10.2. The van der Waals surface area contributed by atoms with Gasteiger partial charge in [-0.25, -0.2) is 0 Å². The van der Waals surface area contributed by atoms with Crippen LogP contribution in [0.4, 0.5) is 0 Å². The van der Waals surface area contributed by atoms with Crippen molar-refractivity contribution in [3.05, 3.63) is 106 Å². The van der Waals surface area contributed by atoms with Gasteiger partial charge in [-0.3, -0.25) is 0 Å². The summed E-state index contributed by atoms with van der Waals surface area (Å²) in [7, 11) is 0. The highest BCUT2D eigenvalue weighted by Crippen LogP contribution is 2.36. The van der Waals surface area contributed by atoms with Crippen molar-refractivity contribution in [1.29, 1.82) is 0 Å². The predicted octanol–water partition coefficient (Wildman–Crippen LogP) is 7.51. The van der Waals surface area contributed by atoms with Crippen molar-refractivity contribution < 1.29 is 14.6 Å². The zero-order chi connectivity index (χ0) is 25.2. The van der Waals surface area contributed by atoms with E-state index in [1.54, 1.807) is 0 Å². The van der Waals surface area contributed by atoms with E-state index < -0.39 is 0 Å². The monoisotopic (exact) mass is 486 g/mol. The number of aliphatic hydroxyl groups excluding tert-OH is 1. The van der Waals surface area contributed by atoms with Crippen LogP contribution >= 0.6 is 0 Å². The Bertz CT molecular complexity index is 1040. The largest absolute Gasteiger partial charge is 0.396 e. The molecule has 0 saturated carbocycles. The SMILES string of the molecule is CCCC1CCC(OCc2ccccc2)C(c2ccc(C)c(Cc3ccc(CCCCO)cc3)c2)O1. The van der Waals surface area contributed by atoms with Gasteiger partial charge in [-0.1, -0.05) is 86.1 Å². The third-order valence-corrected chi connectivity index (χ3v) is 7.36. The lowest BCUT2D eigenvalue weighted by Gasteiger charge is -2.37. The Morgan fingerprint density at radius 3 is 2.42 bits per heavy atom. The maximum absolute atomic E-state index is 9.02. The normalized spacial score (nSPS) is 19.9. The van der Waals surface area contributed by atoms with Gasteiger partial charge in [-0.05, 0) is 85.3 Å². The maximum Gasteiger partial charge on any atom is 0.109 e. The first kappa shape index (κ1) is 26.6. The minimum atomic E-state index is -0.0349. The van der Waals surface area contributed by atoms with Gasteiger partial charge < -0.3 is 14.6 Å². The summed E-state index contributed by atoms with van der Waals surface area (Å²) in [5.41, 5.74) is 7.77. The molecule has 3 aromatic rings. The van der Waals surface area contributed by atoms with Gasteiger partial charge >= 0.3 is 0 Å². The second kappa shape index (κ2) is 13.7. The van der Waals surface area contributed by atoms with E-state index in [1.807, 2.05) is 6.07 Å².